The molecule has 2 rings (SSSR count). The molecule has 2 amide bonds. The number of amides is 2. The number of carbonyl (C=O) groups excluding carboxylic acids is 1. The van der Waals surface area contributed by atoms with Gasteiger partial charge in [-0.1, -0.05) is 23.7 Å². The largest absolute Gasteiger partial charge is 0.497 e. The van der Waals surface area contributed by atoms with Crippen molar-refractivity contribution in [1.82, 2.24) is 10.2 Å². The average molecular weight is 366 g/mol. The lowest BCUT2D eigenvalue weighted by atomic mass is 10.1. The van der Waals surface area contributed by atoms with E-state index in [2.05, 4.69) is 10.6 Å². The van der Waals surface area contributed by atoms with Crippen molar-refractivity contribution in [3.05, 3.63) is 58.9 Å². The molecule has 2 aromatic carbocycles. The van der Waals surface area contributed by atoms with Gasteiger partial charge in [-0.05, 0) is 50.0 Å². The second-order valence-corrected chi connectivity index (χ2v) is 6.15. The summed E-state index contributed by atoms with van der Waals surface area (Å²) in [5.74, 6) is 0.224. The zero-order valence-corrected chi connectivity index (χ0v) is 15.1. The number of urea groups is 1. The summed E-state index contributed by atoms with van der Waals surface area (Å²) in [4.78, 5) is 14.1. The molecular weight excluding hydrogens is 345 g/mol. The Morgan fingerprint density at radius 2 is 1.92 bits per heavy atom. The quantitative estimate of drug-likeness (QED) is 0.816. The van der Waals surface area contributed by atoms with Crippen LogP contribution in [-0.2, 0) is 0 Å². The first kappa shape index (κ1) is 19.0. The summed E-state index contributed by atoms with van der Waals surface area (Å²) < 4.78 is 18.8. The number of halogens is 2. The maximum atomic E-state index is 13.7. The topological polar surface area (TPSA) is 53.6 Å². The lowest BCUT2D eigenvalue weighted by molar-refractivity contribution is 0.243. The summed E-state index contributed by atoms with van der Waals surface area (Å²) in [6, 6.07) is 11.1. The second-order valence-electron chi connectivity index (χ2n) is 5.71. The van der Waals surface area contributed by atoms with Crippen molar-refractivity contribution in [1.29, 1.82) is 0 Å². The molecule has 1 atom stereocenters. The average Bonchev–Trinajstić information content (AvgIpc) is 2.58. The van der Waals surface area contributed by atoms with E-state index in [1.165, 1.54) is 18.2 Å². The first-order chi connectivity index (χ1) is 11.9. The van der Waals surface area contributed by atoms with Crippen LogP contribution in [0.25, 0.3) is 0 Å². The molecular formula is C18H21ClFN3O2. The molecule has 25 heavy (non-hydrogen) atoms. The number of rotatable bonds is 6. The van der Waals surface area contributed by atoms with Crippen molar-refractivity contribution < 1.29 is 13.9 Å². The number of carbonyl (C=O) groups is 1. The van der Waals surface area contributed by atoms with E-state index in [4.69, 9.17) is 16.3 Å². The lowest BCUT2D eigenvalue weighted by Gasteiger charge is -2.25. The summed E-state index contributed by atoms with van der Waals surface area (Å²) in [5, 5.41) is 5.57. The minimum Gasteiger partial charge on any atom is -0.497 e. The van der Waals surface area contributed by atoms with Crippen molar-refractivity contribution in [2.24, 2.45) is 0 Å². The molecule has 134 valence electrons. The molecule has 0 bridgehead atoms. The summed E-state index contributed by atoms with van der Waals surface area (Å²) in [6.07, 6.45) is 0. The molecule has 1 unspecified atom stereocenters. The first-order valence-corrected chi connectivity index (χ1v) is 8.08. The van der Waals surface area contributed by atoms with Gasteiger partial charge >= 0.3 is 6.03 Å². The maximum Gasteiger partial charge on any atom is 0.319 e. The van der Waals surface area contributed by atoms with E-state index in [0.717, 1.165) is 11.3 Å². The zero-order valence-electron chi connectivity index (χ0n) is 14.3. The van der Waals surface area contributed by atoms with Gasteiger partial charge in [0.2, 0.25) is 0 Å². The Kier molecular flexibility index (Phi) is 6.61. The van der Waals surface area contributed by atoms with Gasteiger partial charge in [0.25, 0.3) is 0 Å². The fourth-order valence-electron chi connectivity index (χ4n) is 2.37. The molecule has 0 saturated heterocycles. The standard InChI is InChI=1S/C18H21ClFN3O2/c1-23(2)17(12-4-7-14(25-3)8-5-12)11-21-18(24)22-16-10-13(19)6-9-15(16)20/h4-10,17H,11H2,1-3H3,(H2,21,22,24). The van der Waals surface area contributed by atoms with E-state index in [1.807, 2.05) is 43.3 Å². The molecule has 0 aliphatic carbocycles. The normalized spacial score (nSPS) is 11.9. The van der Waals surface area contributed by atoms with Gasteiger partial charge in [0.1, 0.15) is 11.6 Å². The minimum atomic E-state index is -0.543. The van der Waals surface area contributed by atoms with Crippen molar-refractivity contribution >= 4 is 23.3 Å². The predicted molar refractivity (Wildman–Crippen MR) is 97.9 cm³/mol. The number of methoxy groups -OCH3 is 1. The number of likely N-dealkylation sites (N-methyl/N-ethyl adjacent to an activating group) is 1. The Balaban J connectivity index is 2.00. The Labute approximate surface area is 151 Å². The van der Waals surface area contributed by atoms with Crippen molar-refractivity contribution in [2.45, 2.75) is 6.04 Å². The number of ether oxygens (including phenoxy) is 1. The molecule has 7 heteroatoms. The van der Waals surface area contributed by atoms with Gasteiger partial charge in [0.05, 0.1) is 18.8 Å². The summed E-state index contributed by atoms with van der Waals surface area (Å²) in [7, 11) is 5.45. The van der Waals surface area contributed by atoms with E-state index in [1.54, 1.807) is 7.11 Å². The summed E-state index contributed by atoms with van der Waals surface area (Å²) >= 11 is 5.82. The van der Waals surface area contributed by atoms with Crippen LogP contribution in [0.2, 0.25) is 5.02 Å². The van der Waals surface area contributed by atoms with Crippen LogP contribution in [0.3, 0.4) is 0 Å². The van der Waals surface area contributed by atoms with Gasteiger partial charge in [0.15, 0.2) is 0 Å². The van der Waals surface area contributed by atoms with Gasteiger partial charge in [-0.25, -0.2) is 9.18 Å². The van der Waals surface area contributed by atoms with Crippen LogP contribution in [-0.4, -0.2) is 38.7 Å². The highest BCUT2D eigenvalue weighted by Gasteiger charge is 2.16. The monoisotopic (exact) mass is 365 g/mol. The van der Waals surface area contributed by atoms with Crippen LogP contribution < -0.4 is 15.4 Å². The Morgan fingerprint density at radius 1 is 1.24 bits per heavy atom. The highest BCUT2D eigenvalue weighted by atomic mass is 35.5. The maximum absolute atomic E-state index is 13.7. The number of nitrogens with zero attached hydrogens (tertiary/aromatic N) is 1. The van der Waals surface area contributed by atoms with Crippen molar-refractivity contribution in [3.63, 3.8) is 0 Å². The molecule has 5 nitrogen and oxygen atoms in total. The second kappa shape index (κ2) is 8.69. The van der Waals surface area contributed by atoms with Crippen LogP contribution in [0.4, 0.5) is 14.9 Å². The van der Waals surface area contributed by atoms with E-state index in [9.17, 15) is 9.18 Å². The summed E-state index contributed by atoms with van der Waals surface area (Å²) in [5.41, 5.74) is 1.07. The molecule has 0 spiro atoms. The molecule has 0 aliphatic rings. The van der Waals surface area contributed by atoms with E-state index >= 15 is 0 Å². The third-order valence-electron chi connectivity index (χ3n) is 3.76. The van der Waals surface area contributed by atoms with Crippen LogP contribution in [0.5, 0.6) is 5.75 Å². The number of nitrogens with one attached hydrogen (secondary N) is 2. The molecule has 0 aliphatic heterocycles. The number of benzene rings is 2. The lowest BCUT2D eigenvalue weighted by Crippen LogP contribution is -2.37. The summed E-state index contributed by atoms with van der Waals surface area (Å²) in [6.45, 7) is 0.355. The molecule has 0 aromatic heterocycles. The van der Waals surface area contributed by atoms with Gasteiger partial charge in [0, 0.05) is 11.6 Å². The van der Waals surface area contributed by atoms with Crippen LogP contribution in [0, 0.1) is 5.82 Å². The third-order valence-corrected chi connectivity index (χ3v) is 3.99. The van der Waals surface area contributed by atoms with Crippen LogP contribution in [0.15, 0.2) is 42.5 Å². The first-order valence-electron chi connectivity index (χ1n) is 7.71. The molecule has 2 aromatic rings. The fraction of sp³-hybridized carbons (Fsp3) is 0.278. The molecule has 0 heterocycles. The number of hydrogen-bond donors (Lipinski definition) is 2. The highest BCUT2D eigenvalue weighted by Crippen LogP contribution is 2.21. The van der Waals surface area contributed by atoms with Gasteiger partial charge < -0.3 is 20.3 Å². The predicted octanol–water partition coefficient (Wildman–Crippen LogP) is 3.91. The number of hydrogen-bond acceptors (Lipinski definition) is 3. The zero-order chi connectivity index (χ0) is 18.4. The SMILES string of the molecule is COc1ccc(C(CNC(=O)Nc2cc(Cl)ccc2F)N(C)C)cc1. The van der Waals surface area contributed by atoms with E-state index in [0.29, 0.717) is 11.6 Å². The van der Waals surface area contributed by atoms with Gasteiger partial charge in [-0.3, -0.25) is 0 Å². The van der Waals surface area contributed by atoms with Gasteiger partial charge in [-0.15, -0.1) is 0 Å². The fourth-order valence-corrected chi connectivity index (χ4v) is 2.55. The molecule has 0 radical (unpaired) electrons. The minimum absolute atomic E-state index is 0.0378. The number of anilines is 1. The van der Waals surface area contributed by atoms with E-state index in [-0.39, 0.29) is 11.7 Å². The Bertz CT molecular complexity index is 723. The van der Waals surface area contributed by atoms with Crippen molar-refractivity contribution in [3.8, 4) is 5.75 Å². The van der Waals surface area contributed by atoms with Crippen LogP contribution >= 0.6 is 11.6 Å². The molecule has 0 saturated carbocycles. The Hall–Kier alpha value is -2.31. The van der Waals surface area contributed by atoms with Crippen molar-refractivity contribution in [2.75, 3.05) is 33.1 Å². The smallest absolute Gasteiger partial charge is 0.319 e. The third kappa shape index (κ3) is 5.34. The van der Waals surface area contributed by atoms with Crippen LogP contribution in [0.1, 0.15) is 11.6 Å². The van der Waals surface area contributed by atoms with E-state index < -0.39 is 11.8 Å². The Morgan fingerprint density at radius 3 is 2.52 bits per heavy atom. The molecule has 0 fully saturated rings. The molecule has 2 N–H and O–H groups in total. The highest BCUT2D eigenvalue weighted by molar-refractivity contribution is 6.30. The van der Waals surface area contributed by atoms with Gasteiger partial charge in [-0.2, -0.15) is 0 Å².